The Labute approximate surface area is 184 Å². The molecule has 1 amide bonds. The molecule has 1 fully saturated rings. The minimum Gasteiger partial charge on any atom is -0.451 e. The third-order valence-corrected chi connectivity index (χ3v) is 5.53. The van der Waals surface area contributed by atoms with Gasteiger partial charge in [0.15, 0.2) is 23.8 Å². The highest BCUT2D eigenvalue weighted by Gasteiger charge is 2.44. The number of aromatic nitrogens is 1. The molecule has 2 aromatic carbocycles. The van der Waals surface area contributed by atoms with Gasteiger partial charge < -0.3 is 23.9 Å². The van der Waals surface area contributed by atoms with E-state index in [9.17, 15) is 9.59 Å². The van der Waals surface area contributed by atoms with Crippen LogP contribution in [0.3, 0.4) is 0 Å². The Morgan fingerprint density at radius 1 is 1.06 bits per heavy atom. The maximum atomic E-state index is 12.4. The second kappa shape index (κ2) is 8.03. The lowest BCUT2D eigenvalue weighted by molar-refractivity contribution is -0.119. The molecule has 0 atom stereocenters. The zero-order chi connectivity index (χ0) is 22.1. The number of carbonyl (C=O) groups excluding carboxylic acids is 2. The molecule has 1 aliphatic carbocycles. The Morgan fingerprint density at radius 2 is 1.81 bits per heavy atom. The maximum Gasteiger partial charge on any atom is 0.361 e. The molecule has 1 aliphatic heterocycles. The van der Waals surface area contributed by atoms with Gasteiger partial charge in [-0.2, -0.15) is 0 Å². The Bertz CT molecular complexity index is 1160. The fourth-order valence-electron chi connectivity index (χ4n) is 3.98. The van der Waals surface area contributed by atoms with Crippen LogP contribution in [0.15, 0.2) is 52.9 Å². The monoisotopic (exact) mass is 434 g/mol. The van der Waals surface area contributed by atoms with Crippen molar-refractivity contribution in [2.45, 2.75) is 38.4 Å². The van der Waals surface area contributed by atoms with Crippen molar-refractivity contribution < 1.29 is 28.2 Å². The number of hydrogen-bond acceptors (Lipinski definition) is 7. The van der Waals surface area contributed by atoms with Gasteiger partial charge in [-0.3, -0.25) is 4.79 Å². The van der Waals surface area contributed by atoms with Crippen molar-refractivity contribution in [3.05, 3.63) is 60.0 Å². The van der Waals surface area contributed by atoms with Crippen LogP contribution in [0.2, 0.25) is 0 Å². The van der Waals surface area contributed by atoms with Gasteiger partial charge >= 0.3 is 5.97 Å². The summed E-state index contributed by atoms with van der Waals surface area (Å²) in [7, 11) is 0. The summed E-state index contributed by atoms with van der Waals surface area (Å²) in [4.78, 5) is 28.9. The number of rotatable bonds is 5. The van der Waals surface area contributed by atoms with Crippen LogP contribution in [0.4, 0.5) is 5.69 Å². The fourth-order valence-corrected chi connectivity index (χ4v) is 3.98. The fraction of sp³-hybridized carbons (Fsp3) is 0.292. The summed E-state index contributed by atoms with van der Waals surface area (Å²) >= 11 is 0. The molecular weight excluding hydrogens is 412 g/mol. The summed E-state index contributed by atoms with van der Waals surface area (Å²) in [5, 5.41) is 2.71. The molecule has 5 rings (SSSR count). The van der Waals surface area contributed by atoms with Gasteiger partial charge in [0.25, 0.3) is 11.7 Å². The summed E-state index contributed by atoms with van der Waals surface area (Å²) < 4.78 is 22.7. The molecule has 1 aromatic heterocycles. The minimum absolute atomic E-state index is 0.0431. The first-order valence-electron chi connectivity index (χ1n) is 10.5. The van der Waals surface area contributed by atoms with Gasteiger partial charge in [-0.1, -0.05) is 18.2 Å². The molecule has 0 saturated heterocycles. The van der Waals surface area contributed by atoms with Crippen molar-refractivity contribution >= 4 is 17.6 Å². The first-order valence-corrected chi connectivity index (χ1v) is 10.5. The molecule has 1 N–H and O–H groups in total. The van der Waals surface area contributed by atoms with Crippen molar-refractivity contribution in [3.8, 4) is 23.0 Å². The van der Waals surface area contributed by atoms with Gasteiger partial charge in [0.2, 0.25) is 5.89 Å². The Balaban J connectivity index is 1.18. The zero-order valence-corrected chi connectivity index (χ0v) is 17.6. The third kappa shape index (κ3) is 3.91. The normalized spacial score (nSPS) is 15.7. The second-order valence-corrected chi connectivity index (χ2v) is 7.90. The molecular formula is C24H22N2O6. The molecule has 1 spiro atoms. The molecule has 0 bridgehead atoms. The summed E-state index contributed by atoms with van der Waals surface area (Å²) in [6, 6.07) is 14.4. The topological polar surface area (TPSA) is 99.9 Å². The summed E-state index contributed by atoms with van der Waals surface area (Å²) in [6.07, 6.45) is 3.85. The van der Waals surface area contributed by atoms with Gasteiger partial charge in [0.05, 0.1) is 0 Å². The molecule has 2 aliphatic rings. The number of amides is 1. The lowest BCUT2D eigenvalue weighted by Gasteiger charge is -2.21. The van der Waals surface area contributed by atoms with E-state index in [0.29, 0.717) is 28.8 Å². The Kier molecular flexibility index (Phi) is 5.05. The van der Waals surface area contributed by atoms with Crippen LogP contribution in [0.5, 0.6) is 11.5 Å². The van der Waals surface area contributed by atoms with E-state index in [2.05, 4.69) is 10.3 Å². The first-order chi connectivity index (χ1) is 15.5. The predicted octanol–water partition coefficient (Wildman–Crippen LogP) is 4.49. The second-order valence-electron chi connectivity index (χ2n) is 7.90. The highest BCUT2D eigenvalue weighted by atomic mass is 16.7. The van der Waals surface area contributed by atoms with Crippen molar-refractivity contribution in [1.29, 1.82) is 0 Å². The summed E-state index contributed by atoms with van der Waals surface area (Å²) in [5.41, 5.74) is 1.32. The highest BCUT2D eigenvalue weighted by molar-refractivity contribution is 5.95. The zero-order valence-electron chi connectivity index (χ0n) is 17.6. The molecule has 0 radical (unpaired) electrons. The Morgan fingerprint density at radius 3 is 2.59 bits per heavy atom. The molecule has 3 aromatic rings. The van der Waals surface area contributed by atoms with Crippen molar-refractivity contribution in [1.82, 2.24) is 4.98 Å². The number of nitrogens with one attached hydrogen (secondary N) is 1. The van der Waals surface area contributed by atoms with E-state index < -0.39 is 24.3 Å². The number of nitrogens with zero attached hydrogens (tertiary/aromatic N) is 1. The number of ether oxygens (including phenoxy) is 3. The van der Waals surface area contributed by atoms with Crippen LogP contribution >= 0.6 is 0 Å². The van der Waals surface area contributed by atoms with Crippen molar-refractivity contribution in [2.75, 3.05) is 11.9 Å². The number of hydrogen-bond donors (Lipinski definition) is 1. The molecule has 32 heavy (non-hydrogen) atoms. The molecule has 0 unspecified atom stereocenters. The maximum absolute atomic E-state index is 12.4. The van der Waals surface area contributed by atoms with Gasteiger partial charge in [0, 0.05) is 30.2 Å². The molecule has 2 heterocycles. The minimum atomic E-state index is -0.725. The number of oxazole rings is 1. The quantitative estimate of drug-likeness (QED) is 0.591. The van der Waals surface area contributed by atoms with Crippen LogP contribution in [-0.2, 0) is 9.53 Å². The van der Waals surface area contributed by atoms with Crippen LogP contribution in [0.1, 0.15) is 41.9 Å². The van der Waals surface area contributed by atoms with E-state index in [-0.39, 0.29) is 5.69 Å². The highest BCUT2D eigenvalue weighted by Crippen LogP contribution is 2.47. The predicted molar refractivity (Wildman–Crippen MR) is 114 cm³/mol. The van der Waals surface area contributed by atoms with E-state index in [0.717, 1.165) is 31.2 Å². The number of benzene rings is 2. The van der Waals surface area contributed by atoms with Crippen LogP contribution in [0.25, 0.3) is 11.5 Å². The SMILES string of the molecule is Cc1oc(-c2ccccc2)nc1C(=O)OCC(=O)Nc1ccc2c(c1)OC1(CCCC1)O2. The van der Waals surface area contributed by atoms with E-state index in [4.69, 9.17) is 18.6 Å². The van der Waals surface area contributed by atoms with Crippen LogP contribution in [0, 0.1) is 6.92 Å². The van der Waals surface area contributed by atoms with Gasteiger partial charge in [0.1, 0.15) is 5.76 Å². The van der Waals surface area contributed by atoms with E-state index in [1.165, 1.54) is 0 Å². The smallest absolute Gasteiger partial charge is 0.361 e. The average Bonchev–Trinajstić information content (AvgIpc) is 3.51. The van der Waals surface area contributed by atoms with Gasteiger partial charge in [-0.25, -0.2) is 9.78 Å². The lowest BCUT2D eigenvalue weighted by Crippen LogP contribution is -2.34. The van der Waals surface area contributed by atoms with E-state index >= 15 is 0 Å². The third-order valence-electron chi connectivity index (χ3n) is 5.53. The summed E-state index contributed by atoms with van der Waals surface area (Å²) in [5.74, 6) is 0.162. The number of fused-ring (bicyclic) bond motifs is 1. The number of esters is 1. The van der Waals surface area contributed by atoms with Crippen molar-refractivity contribution in [3.63, 3.8) is 0 Å². The van der Waals surface area contributed by atoms with Crippen LogP contribution in [-0.4, -0.2) is 29.3 Å². The largest absolute Gasteiger partial charge is 0.451 e. The summed E-state index contributed by atoms with van der Waals surface area (Å²) in [6.45, 7) is 1.17. The number of anilines is 1. The lowest BCUT2D eigenvalue weighted by atomic mass is 10.2. The average molecular weight is 434 g/mol. The molecule has 164 valence electrons. The van der Waals surface area contributed by atoms with Gasteiger partial charge in [-0.15, -0.1) is 0 Å². The molecule has 8 heteroatoms. The first kappa shape index (κ1) is 20.1. The van der Waals surface area contributed by atoms with Crippen LogP contribution < -0.4 is 14.8 Å². The Hall–Kier alpha value is -3.81. The van der Waals surface area contributed by atoms with Gasteiger partial charge in [-0.05, 0) is 44.0 Å². The van der Waals surface area contributed by atoms with E-state index in [1.54, 1.807) is 25.1 Å². The van der Waals surface area contributed by atoms with Crippen molar-refractivity contribution in [2.24, 2.45) is 0 Å². The standard InChI is InChI=1S/C24H22N2O6/c1-15-21(26-22(30-15)16-7-3-2-4-8-16)23(28)29-14-20(27)25-17-9-10-18-19(13-17)32-24(31-18)11-5-6-12-24/h2-4,7-10,13H,5-6,11-12,14H2,1H3,(H,25,27). The molecule has 1 saturated carbocycles. The number of carbonyl (C=O) groups is 2. The van der Waals surface area contributed by atoms with E-state index in [1.807, 2.05) is 30.3 Å². The molecule has 8 nitrogen and oxygen atoms in total. The number of aryl methyl sites for hydroxylation is 1.